The minimum atomic E-state index is 0.0878. The molecule has 3 aliphatic rings. The highest BCUT2D eigenvalue weighted by molar-refractivity contribution is 6.05. The summed E-state index contributed by atoms with van der Waals surface area (Å²) in [5.41, 5.74) is 5.65. The Bertz CT molecular complexity index is 1080. The first-order valence-electron chi connectivity index (χ1n) is 10.2. The average molecular weight is 356 g/mol. The Labute approximate surface area is 159 Å². The standard InChI is InChI=1S/C25H24O2/c1-27-17-8-9-18-20(13-17)23(26)14-22-24(18)19-4-2-3-5-21(19)25(22)11-10-15-6-7-16(25)12-15/h2-5,8-9,13-16,26H,6-7,10-12H2,1H3. The molecule has 0 radical (unpaired) electrons. The van der Waals surface area contributed by atoms with E-state index in [2.05, 4.69) is 36.4 Å². The number of methoxy groups -OCH3 is 1. The molecule has 2 bridgehead atoms. The van der Waals surface area contributed by atoms with Gasteiger partial charge in [0.25, 0.3) is 0 Å². The Morgan fingerprint density at radius 1 is 0.963 bits per heavy atom. The third-order valence-electron chi connectivity index (χ3n) is 7.67. The molecule has 3 unspecified atom stereocenters. The van der Waals surface area contributed by atoms with E-state index in [1.807, 2.05) is 12.1 Å². The average Bonchev–Trinajstić information content (AvgIpc) is 3.22. The predicted molar refractivity (Wildman–Crippen MR) is 108 cm³/mol. The molecule has 6 rings (SSSR count). The molecule has 0 heterocycles. The summed E-state index contributed by atoms with van der Waals surface area (Å²) in [6, 6.07) is 17.2. The number of rotatable bonds is 1. The van der Waals surface area contributed by atoms with Crippen LogP contribution in [0, 0.1) is 11.8 Å². The summed E-state index contributed by atoms with van der Waals surface area (Å²) < 4.78 is 5.40. The van der Waals surface area contributed by atoms with E-state index in [4.69, 9.17) is 4.74 Å². The number of hydrogen-bond acceptors (Lipinski definition) is 2. The van der Waals surface area contributed by atoms with Crippen molar-refractivity contribution >= 4 is 10.8 Å². The maximum Gasteiger partial charge on any atom is 0.123 e. The van der Waals surface area contributed by atoms with Crippen LogP contribution in [0.15, 0.2) is 48.5 Å². The zero-order valence-electron chi connectivity index (χ0n) is 15.7. The Morgan fingerprint density at radius 2 is 1.85 bits per heavy atom. The molecule has 0 aliphatic heterocycles. The number of benzene rings is 3. The molecule has 3 aliphatic carbocycles. The molecule has 1 N–H and O–H groups in total. The number of hydrogen-bond donors (Lipinski definition) is 1. The third kappa shape index (κ3) is 1.86. The molecule has 3 atom stereocenters. The van der Waals surface area contributed by atoms with Gasteiger partial charge in [0.2, 0.25) is 0 Å². The van der Waals surface area contributed by atoms with Crippen LogP contribution in [0.2, 0.25) is 0 Å². The second kappa shape index (κ2) is 5.28. The maximum absolute atomic E-state index is 11.0. The van der Waals surface area contributed by atoms with Gasteiger partial charge in [-0.2, -0.15) is 0 Å². The van der Waals surface area contributed by atoms with E-state index in [9.17, 15) is 5.11 Å². The summed E-state index contributed by atoms with van der Waals surface area (Å²) in [4.78, 5) is 0. The fourth-order valence-corrected chi connectivity index (χ4v) is 6.52. The van der Waals surface area contributed by atoms with Gasteiger partial charge in [0.15, 0.2) is 0 Å². The molecule has 0 saturated heterocycles. The summed E-state index contributed by atoms with van der Waals surface area (Å²) in [7, 11) is 1.68. The number of phenols is 1. The molecule has 2 fully saturated rings. The van der Waals surface area contributed by atoms with Crippen molar-refractivity contribution in [1.29, 1.82) is 0 Å². The number of fused-ring (bicyclic) bond motifs is 10. The number of aromatic hydroxyl groups is 1. The second-order valence-electron chi connectivity index (χ2n) is 8.66. The van der Waals surface area contributed by atoms with E-state index in [0.717, 1.165) is 22.4 Å². The monoisotopic (exact) mass is 356 g/mol. The van der Waals surface area contributed by atoms with E-state index in [1.54, 1.807) is 7.11 Å². The van der Waals surface area contributed by atoms with Gasteiger partial charge < -0.3 is 9.84 Å². The molecule has 0 aromatic heterocycles. The lowest BCUT2D eigenvalue weighted by Gasteiger charge is -2.41. The lowest BCUT2D eigenvalue weighted by molar-refractivity contribution is 0.239. The zero-order valence-corrected chi connectivity index (χ0v) is 15.7. The number of phenolic OH excluding ortho intramolecular Hbond substituents is 1. The van der Waals surface area contributed by atoms with Crippen LogP contribution >= 0.6 is 0 Å². The zero-order chi connectivity index (χ0) is 18.2. The fraction of sp³-hybridized carbons (Fsp3) is 0.360. The van der Waals surface area contributed by atoms with Crippen molar-refractivity contribution < 1.29 is 9.84 Å². The lowest BCUT2D eigenvalue weighted by atomic mass is 9.61. The van der Waals surface area contributed by atoms with Crippen LogP contribution in [0.1, 0.15) is 43.2 Å². The molecule has 3 aromatic rings. The van der Waals surface area contributed by atoms with Gasteiger partial charge in [-0.15, -0.1) is 0 Å². The molecule has 136 valence electrons. The molecule has 3 aromatic carbocycles. The largest absolute Gasteiger partial charge is 0.507 e. The van der Waals surface area contributed by atoms with Gasteiger partial charge in [0, 0.05) is 10.8 Å². The van der Waals surface area contributed by atoms with Crippen molar-refractivity contribution in [2.75, 3.05) is 7.11 Å². The molecular formula is C25H24O2. The van der Waals surface area contributed by atoms with Crippen molar-refractivity contribution in [2.45, 2.75) is 37.5 Å². The quantitative estimate of drug-likeness (QED) is 0.577. The van der Waals surface area contributed by atoms with Gasteiger partial charge in [-0.1, -0.05) is 30.7 Å². The van der Waals surface area contributed by atoms with E-state index in [1.165, 1.54) is 54.4 Å². The molecule has 2 nitrogen and oxygen atoms in total. The second-order valence-corrected chi connectivity index (χ2v) is 8.66. The Morgan fingerprint density at radius 3 is 2.74 bits per heavy atom. The smallest absolute Gasteiger partial charge is 0.123 e. The van der Waals surface area contributed by atoms with Gasteiger partial charge in [0.05, 0.1) is 7.11 Å². The molecule has 27 heavy (non-hydrogen) atoms. The summed E-state index contributed by atoms with van der Waals surface area (Å²) in [6.07, 6.45) is 6.56. The fourth-order valence-electron chi connectivity index (χ4n) is 6.52. The Hall–Kier alpha value is -2.48. The summed E-state index contributed by atoms with van der Waals surface area (Å²) in [5, 5.41) is 13.0. The van der Waals surface area contributed by atoms with E-state index in [-0.39, 0.29) is 5.41 Å². The SMILES string of the molecule is COc1ccc2c3c(cc(O)c2c1)C1(CCC2CCC1C2)c1ccccc1-3. The van der Waals surface area contributed by atoms with Crippen LogP contribution in [0.25, 0.3) is 21.9 Å². The normalized spacial score (nSPS) is 27.7. The van der Waals surface area contributed by atoms with E-state index >= 15 is 0 Å². The predicted octanol–water partition coefficient (Wildman–Crippen LogP) is 6.03. The van der Waals surface area contributed by atoms with Gasteiger partial charge in [0.1, 0.15) is 11.5 Å². The Balaban J connectivity index is 1.72. The topological polar surface area (TPSA) is 29.5 Å². The first kappa shape index (κ1) is 15.6. The minimum Gasteiger partial charge on any atom is -0.507 e. The first-order chi connectivity index (χ1) is 13.2. The van der Waals surface area contributed by atoms with Crippen LogP contribution in [0.4, 0.5) is 0 Å². The molecule has 2 heteroatoms. The highest BCUT2D eigenvalue weighted by Gasteiger charge is 2.53. The molecule has 2 saturated carbocycles. The van der Waals surface area contributed by atoms with Crippen LogP contribution in [0.5, 0.6) is 11.5 Å². The van der Waals surface area contributed by atoms with Crippen molar-refractivity contribution in [3.8, 4) is 22.6 Å². The first-order valence-corrected chi connectivity index (χ1v) is 10.2. The van der Waals surface area contributed by atoms with E-state index in [0.29, 0.717) is 11.7 Å². The van der Waals surface area contributed by atoms with Crippen LogP contribution < -0.4 is 4.74 Å². The summed E-state index contributed by atoms with van der Waals surface area (Å²) >= 11 is 0. The maximum atomic E-state index is 11.0. The van der Waals surface area contributed by atoms with E-state index < -0.39 is 0 Å². The molecule has 0 amide bonds. The third-order valence-corrected chi connectivity index (χ3v) is 7.67. The molecule has 1 spiro atoms. The van der Waals surface area contributed by atoms with Crippen molar-refractivity contribution in [3.05, 3.63) is 59.7 Å². The van der Waals surface area contributed by atoms with Crippen LogP contribution in [-0.2, 0) is 5.41 Å². The highest BCUT2D eigenvalue weighted by Crippen LogP contribution is 2.64. The minimum absolute atomic E-state index is 0.0878. The summed E-state index contributed by atoms with van der Waals surface area (Å²) in [6.45, 7) is 0. The number of ether oxygens (including phenoxy) is 1. The highest BCUT2D eigenvalue weighted by atomic mass is 16.5. The van der Waals surface area contributed by atoms with Gasteiger partial charge in [-0.25, -0.2) is 0 Å². The van der Waals surface area contributed by atoms with Crippen molar-refractivity contribution in [1.82, 2.24) is 0 Å². The van der Waals surface area contributed by atoms with Gasteiger partial charge in [-0.3, -0.25) is 0 Å². The van der Waals surface area contributed by atoms with Crippen molar-refractivity contribution in [3.63, 3.8) is 0 Å². The lowest BCUT2D eigenvalue weighted by Crippen LogP contribution is -2.36. The van der Waals surface area contributed by atoms with Gasteiger partial charge >= 0.3 is 0 Å². The molecular weight excluding hydrogens is 332 g/mol. The van der Waals surface area contributed by atoms with Gasteiger partial charge in [-0.05, 0) is 89.4 Å². The summed E-state index contributed by atoms with van der Waals surface area (Å²) in [5.74, 6) is 2.79. The van der Waals surface area contributed by atoms with Crippen molar-refractivity contribution in [2.24, 2.45) is 11.8 Å². The van der Waals surface area contributed by atoms with Crippen LogP contribution in [-0.4, -0.2) is 12.2 Å². The Kier molecular flexibility index (Phi) is 3.05. The van der Waals surface area contributed by atoms with Crippen LogP contribution in [0.3, 0.4) is 0 Å².